The van der Waals surface area contributed by atoms with Crippen molar-refractivity contribution in [3.63, 3.8) is 0 Å². The van der Waals surface area contributed by atoms with E-state index in [0.29, 0.717) is 41.2 Å². The van der Waals surface area contributed by atoms with Crippen LogP contribution in [0.5, 0.6) is 0 Å². The van der Waals surface area contributed by atoms with Crippen LogP contribution in [-0.2, 0) is 10.0 Å². The summed E-state index contributed by atoms with van der Waals surface area (Å²) in [6, 6.07) is 0. The first-order valence-corrected chi connectivity index (χ1v) is 10.3. The summed E-state index contributed by atoms with van der Waals surface area (Å²) in [6.07, 6.45) is 1.60. The minimum Gasteiger partial charge on any atom is -0.356 e. The van der Waals surface area contributed by atoms with E-state index in [0.717, 1.165) is 30.2 Å². The highest BCUT2D eigenvalue weighted by Gasteiger charge is 2.45. The predicted molar refractivity (Wildman–Crippen MR) is 97.5 cm³/mol. The molecule has 2 aromatic heterocycles. The van der Waals surface area contributed by atoms with Crippen molar-refractivity contribution in [1.82, 2.24) is 24.5 Å². The number of nitrogens with one attached hydrogen (secondary N) is 1. The first-order valence-electron chi connectivity index (χ1n) is 8.84. The lowest BCUT2D eigenvalue weighted by Crippen LogP contribution is -2.34. The zero-order valence-electron chi connectivity index (χ0n) is 15.5. The molecule has 8 nitrogen and oxygen atoms in total. The molecule has 9 heteroatoms. The topological polar surface area (TPSA) is 95.1 Å². The highest BCUT2D eigenvalue weighted by molar-refractivity contribution is 7.89. The lowest BCUT2D eigenvalue weighted by atomic mass is 10.0. The van der Waals surface area contributed by atoms with Crippen molar-refractivity contribution in [2.24, 2.45) is 11.8 Å². The highest BCUT2D eigenvalue weighted by atomic mass is 32.2. The number of nitrogens with zero attached hydrogens (tertiary/aromatic N) is 5. The summed E-state index contributed by atoms with van der Waals surface area (Å²) >= 11 is 0. The second-order valence-corrected chi connectivity index (χ2v) is 9.29. The van der Waals surface area contributed by atoms with Crippen molar-refractivity contribution in [1.29, 1.82) is 0 Å². The predicted octanol–water partition coefficient (Wildman–Crippen LogP) is 1.19. The molecule has 2 aliphatic rings. The van der Waals surface area contributed by atoms with Crippen LogP contribution in [0.4, 0.5) is 5.82 Å². The fraction of sp³-hybridized carbons (Fsp3) is 0.588. The summed E-state index contributed by atoms with van der Waals surface area (Å²) in [5.41, 5.74) is 3.23. The van der Waals surface area contributed by atoms with E-state index < -0.39 is 10.0 Å². The maximum Gasteiger partial charge on any atom is 0.246 e. The second kappa shape index (κ2) is 6.02. The maximum atomic E-state index is 13.1. The molecule has 2 aromatic rings. The molecule has 0 bridgehead atoms. The van der Waals surface area contributed by atoms with E-state index in [1.165, 1.54) is 0 Å². The van der Waals surface area contributed by atoms with Crippen molar-refractivity contribution in [2.45, 2.75) is 32.6 Å². The fourth-order valence-electron chi connectivity index (χ4n) is 4.21. The number of rotatable bonds is 3. The molecule has 2 unspecified atom stereocenters. The molecule has 140 valence electrons. The molecule has 0 aromatic carbocycles. The number of aromatic nitrogens is 4. The molecular weight excluding hydrogens is 352 g/mol. The van der Waals surface area contributed by atoms with Gasteiger partial charge in [-0.25, -0.2) is 18.4 Å². The number of hydrogen-bond donors (Lipinski definition) is 1. The van der Waals surface area contributed by atoms with Gasteiger partial charge in [-0.2, -0.15) is 9.40 Å². The molecule has 1 N–H and O–H groups in total. The van der Waals surface area contributed by atoms with Gasteiger partial charge in [0.2, 0.25) is 10.0 Å². The van der Waals surface area contributed by atoms with Gasteiger partial charge < -0.3 is 4.90 Å². The summed E-state index contributed by atoms with van der Waals surface area (Å²) in [5.74, 6) is 1.63. The molecule has 4 rings (SSSR count). The van der Waals surface area contributed by atoms with Crippen molar-refractivity contribution >= 4 is 15.8 Å². The van der Waals surface area contributed by atoms with Crippen molar-refractivity contribution in [3.05, 3.63) is 29.0 Å². The Hall–Kier alpha value is -2.00. The van der Waals surface area contributed by atoms with Crippen LogP contribution in [0.2, 0.25) is 0 Å². The zero-order chi connectivity index (χ0) is 18.6. The Morgan fingerprint density at radius 2 is 1.65 bits per heavy atom. The quantitative estimate of drug-likeness (QED) is 0.865. The molecule has 0 amide bonds. The number of sulfonamides is 1. The molecule has 0 spiro atoms. The smallest absolute Gasteiger partial charge is 0.246 e. The first-order chi connectivity index (χ1) is 12.3. The minimum atomic E-state index is -3.50. The van der Waals surface area contributed by atoms with Crippen LogP contribution in [-0.4, -0.2) is 59.1 Å². The van der Waals surface area contributed by atoms with Gasteiger partial charge in [0.25, 0.3) is 0 Å². The Balaban J connectivity index is 1.53. The Labute approximate surface area is 153 Å². The Kier molecular flexibility index (Phi) is 4.03. The van der Waals surface area contributed by atoms with Crippen LogP contribution in [0.1, 0.15) is 22.6 Å². The third-order valence-electron chi connectivity index (χ3n) is 5.72. The van der Waals surface area contributed by atoms with Gasteiger partial charge in [-0.05, 0) is 39.5 Å². The van der Waals surface area contributed by atoms with Crippen LogP contribution in [0, 0.1) is 39.5 Å². The molecule has 2 aliphatic heterocycles. The lowest BCUT2D eigenvalue weighted by Gasteiger charge is -2.23. The van der Waals surface area contributed by atoms with E-state index in [9.17, 15) is 8.42 Å². The molecule has 0 radical (unpaired) electrons. The van der Waals surface area contributed by atoms with E-state index in [4.69, 9.17) is 0 Å². The monoisotopic (exact) mass is 376 g/mol. The number of aryl methyl sites for hydroxylation is 3. The number of H-pyrrole nitrogens is 1. The van der Waals surface area contributed by atoms with E-state index >= 15 is 0 Å². The minimum absolute atomic E-state index is 0.326. The maximum absolute atomic E-state index is 13.1. The normalized spacial score (nSPS) is 23.6. The van der Waals surface area contributed by atoms with Crippen LogP contribution < -0.4 is 4.90 Å². The van der Waals surface area contributed by atoms with Crippen LogP contribution in [0.15, 0.2) is 11.2 Å². The van der Waals surface area contributed by atoms with Gasteiger partial charge in [0.05, 0.1) is 11.4 Å². The van der Waals surface area contributed by atoms with E-state index in [1.54, 1.807) is 24.5 Å². The fourth-order valence-corrected chi connectivity index (χ4v) is 6.10. The van der Waals surface area contributed by atoms with Gasteiger partial charge >= 0.3 is 0 Å². The van der Waals surface area contributed by atoms with E-state index in [2.05, 4.69) is 25.1 Å². The van der Waals surface area contributed by atoms with Gasteiger partial charge in [0.1, 0.15) is 17.0 Å². The largest absolute Gasteiger partial charge is 0.356 e. The average molecular weight is 376 g/mol. The third kappa shape index (κ3) is 2.61. The SMILES string of the molecule is Cc1ncnc(N2CC3CN(S(=O)(=O)c4c(C)n[nH]c4C)CC3C2)c1C. The zero-order valence-corrected chi connectivity index (χ0v) is 16.3. The Morgan fingerprint density at radius 1 is 1.00 bits per heavy atom. The van der Waals surface area contributed by atoms with Gasteiger partial charge in [-0.15, -0.1) is 0 Å². The third-order valence-corrected chi connectivity index (χ3v) is 7.82. The Morgan fingerprint density at radius 3 is 2.23 bits per heavy atom. The number of hydrogen-bond acceptors (Lipinski definition) is 6. The van der Waals surface area contributed by atoms with Crippen molar-refractivity contribution in [3.8, 4) is 0 Å². The van der Waals surface area contributed by atoms with Gasteiger partial charge in [0, 0.05) is 37.4 Å². The van der Waals surface area contributed by atoms with Gasteiger partial charge in [-0.1, -0.05) is 0 Å². The Bertz CT molecular complexity index is 921. The molecule has 26 heavy (non-hydrogen) atoms. The summed E-state index contributed by atoms with van der Waals surface area (Å²) in [7, 11) is -3.50. The first kappa shape index (κ1) is 17.4. The van der Waals surface area contributed by atoms with Crippen LogP contribution >= 0.6 is 0 Å². The average Bonchev–Trinajstić information content (AvgIpc) is 3.23. The number of aromatic amines is 1. The molecule has 0 aliphatic carbocycles. The number of anilines is 1. The molecule has 4 heterocycles. The van der Waals surface area contributed by atoms with Gasteiger partial charge in [0.15, 0.2) is 0 Å². The molecule has 2 atom stereocenters. The summed E-state index contributed by atoms with van der Waals surface area (Å²) in [4.78, 5) is 11.3. The van der Waals surface area contributed by atoms with E-state index in [-0.39, 0.29) is 0 Å². The molecule has 2 fully saturated rings. The van der Waals surface area contributed by atoms with Crippen LogP contribution in [0.3, 0.4) is 0 Å². The highest BCUT2D eigenvalue weighted by Crippen LogP contribution is 2.37. The van der Waals surface area contributed by atoms with Gasteiger partial charge in [-0.3, -0.25) is 5.10 Å². The molecular formula is C17H24N6O2S. The lowest BCUT2D eigenvalue weighted by molar-refractivity contribution is 0.452. The molecule has 2 saturated heterocycles. The number of fused-ring (bicyclic) bond motifs is 1. The van der Waals surface area contributed by atoms with E-state index in [1.807, 2.05) is 13.8 Å². The van der Waals surface area contributed by atoms with Crippen molar-refractivity contribution < 1.29 is 8.42 Å². The van der Waals surface area contributed by atoms with Crippen LogP contribution in [0.25, 0.3) is 0 Å². The summed E-state index contributed by atoms with van der Waals surface area (Å²) in [6.45, 7) is 10.3. The van der Waals surface area contributed by atoms with Crippen molar-refractivity contribution in [2.75, 3.05) is 31.1 Å². The second-order valence-electron chi connectivity index (χ2n) is 7.42. The summed E-state index contributed by atoms with van der Waals surface area (Å²) in [5, 5.41) is 6.82. The molecule has 0 saturated carbocycles. The summed E-state index contributed by atoms with van der Waals surface area (Å²) < 4.78 is 27.7. The standard InChI is InChI=1S/C17H24N6O2S/c1-10-11(2)18-9-19-17(10)22-5-14-7-23(8-15(14)6-22)26(24,25)16-12(3)20-21-13(16)4/h9,14-15H,5-8H2,1-4H3,(H,20,21).